The second-order valence-electron chi connectivity index (χ2n) is 7.03. The summed E-state index contributed by atoms with van der Waals surface area (Å²) >= 11 is 6.09. The van der Waals surface area contributed by atoms with Gasteiger partial charge >= 0.3 is 0 Å². The molecule has 0 spiro atoms. The highest BCUT2D eigenvalue weighted by molar-refractivity contribution is 7.89. The topological polar surface area (TPSA) is 95.6 Å². The first kappa shape index (κ1) is 20.1. The number of nitrogens with one attached hydrogen (secondary N) is 2. The molecule has 2 aliphatic rings. The number of rotatable bonds is 4. The fourth-order valence-electron chi connectivity index (χ4n) is 3.57. The van der Waals surface area contributed by atoms with E-state index >= 15 is 0 Å². The molecule has 0 aromatic heterocycles. The highest BCUT2D eigenvalue weighted by atomic mass is 35.5. The lowest BCUT2D eigenvalue weighted by Gasteiger charge is -2.21. The lowest BCUT2D eigenvalue weighted by molar-refractivity contribution is -0.126. The highest BCUT2D eigenvalue weighted by Crippen LogP contribution is 2.28. The van der Waals surface area contributed by atoms with Gasteiger partial charge < -0.3 is 0 Å². The van der Waals surface area contributed by atoms with Gasteiger partial charge in [0.25, 0.3) is 5.91 Å². The van der Waals surface area contributed by atoms with Crippen molar-refractivity contribution in [3.63, 3.8) is 0 Å². The van der Waals surface area contributed by atoms with Crippen molar-refractivity contribution in [3.8, 4) is 0 Å². The molecule has 2 N–H and O–H groups in total. The van der Waals surface area contributed by atoms with Crippen LogP contribution in [0.5, 0.6) is 0 Å². The van der Waals surface area contributed by atoms with E-state index in [0.29, 0.717) is 13.1 Å². The molecule has 9 heteroatoms. The molecule has 3 rings (SSSR count). The van der Waals surface area contributed by atoms with Crippen LogP contribution in [0, 0.1) is 5.92 Å². The minimum atomic E-state index is -3.74. The maximum absolute atomic E-state index is 12.7. The summed E-state index contributed by atoms with van der Waals surface area (Å²) in [5.74, 6) is -0.869. The average Bonchev–Trinajstić information content (AvgIpc) is 3.22. The Morgan fingerprint density at radius 1 is 1.00 bits per heavy atom. The highest BCUT2D eigenvalue weighted by Gasteiger charge is 2.30. The largest absolute Gasteiger partial charge is 0.273 e. The Balaban J connectivity index is 1.69. The maximum atomic E-state index is 12.7. The van der Waals surface area contributed by atoms with Gasteiger partial charge in [-0.25, -0.2) is 8.42 Å². The predicted molar refractivity (Wildman–Crippen MR) is 102 cm³/mol. The van der Waals surface area contributed by atoms with Crippen LogP contribution in [-0.2, 0) is 14.8 Å². The monoisotopic (exact) mass is 413 g/mol. The first-order valence-corrected chi connectivity index (χ1v) is 11.1. The van der Waals surface area contributed by atoms with E-state index in [2.05, 4.69) is 10.9 Å². The lowest BCUT2D eigenvalue weighted by atomic mass is 9.89. The van der Waals surface area contributed by atoms with Crippen LogP contribution >= 0.6 is 11.6 Å². The van der Waals surface area contributed by atoms with Crippen LogP contribution in [0.25, 0.3) is 0 Å². The SMILES string of the molecule is O=C(NNC(=O)C1CCCCC1)c1ccc(Cl)c(S(=O)(=O)N2CCCC2)c1. The number of nitrogens with zero attached hydrogens (tertiary/aromatic N) is 1. The molecule has 1 saturated heterocycles. The Morgan fingerprint density at radius 3 is 2.33 bits per heavy atom. The fraction of sp³-hybridized carbons (Fsp3) is 0.556. The number of carbonyl (C=O) groups excluding carboxylic acids is 2. The van der Waals surface area contributed by atoms with E-state index < -0.39 is 15.9 Å². The Kier molecular flexibility index (Phi) is 6.39. The normalized spacial score (nSPS) is 19.0. The van der Waals surface area contributed by atoms with E-state index in [-0.39, 0.29) is 27.3 Å². The molecule has 1 aliphatic heterocycles. The first-order valence-electron chi connectivity index (χ1n) is 9.29. The number of halogens is 1. The summed E-state index contributed by atoms with van der Waals surface area (Å²) in [5.41, 5.74) is 4.95. The number of hydrogen-bond acceptors (Lipinski definition) is 4. The Morgan fingerprint density at radius 2 is 1.67 bits per heavy atom. The van der Waals surface area contributed by atoms with Crippen molar-refractivity contribution >= 4 is 33.4 Å². The summed E-state index contributed by atoms with van der Waals surface area (Å²) in [7, 11) is -3.74. The third-order valence-corrected chi connectivity index (χ3v) is 7.53. The summed E-state index contributed by atoms with van der Waals surface area (Å²) in [6, 6.07) is 4.09. The summed E-state index contributed by atoms with van der Waals surface area (Å²) in [4.78, 5) is 24.4. The smallest absolute Gasteiger partial charge is 0.269 e. The summed E-state index contributed by atoms with van der Waals surface area (Å²) < 4.78 is 26.9. The summed E-state index contributed by atoms with van der Waals surface area (Å²) in [6.45, 7) is 0.902. The van der Waals surface area contributed by atoms with Crippen LogP contribution < -0.4 is 10.9 Å². The molecular weight excluding hydrogens is 390 g/mol. The molecule has 1 heterocycles. The van der Waals surface area contributed by atoms with Gasteiger partial charge in [0, 0.05) is 24.6 Å². The molecule has 7 nitrogen and oxygen atoms in total. The molecule has 0 radical (unpaired) electrons. The van der Waals surface area contributed by atoms with Crippen molar-refractivity contribution in [2.75, 3.05) is 13.1 Å². The molecule has 27 heavy (non-hydrogen) atoms. The van der Waals surface area contributed by atoms with E-state index in [1.807, 2.05) is 0 Å². The summed E-state index contributed by atoms with van der Waals surface area (Å²) in [6.07, 6.45) is 6.42. The van der Waals surface area contributed by atoms with Crippen molar-refractivity contribution in [3.05, 3.63) is 28.8 Å². The number of benzene rings is 1. The lowest BCUT2D eigenvalue weighted by Crippen LogP contribution is -2.45. The van der Waals surface area contributed by atoms with Crippen LogP contribution in [0.4, 0.5) is 0 Å². The molecule has 148 valence electrons. The second-order valence-corrected chi connectivity index (χ2v) is 9.35. The number of sulfonamides is 1. The third kappa shape index (κ3) is 4.62. The Labute approximate surface area is 164 Å². The Bertz CT molecular complexity index is 816. The van der Waals surface area contributed by atoms with Crippen molar-refractivity contribution in [2.24, 2.45) is 5.92 Å². The van der Waals surface area contributed by atoms with Gasteiger partial charge in [0.05, 0.1) is 5.02 Å². The minimum Gasteiger partial charge on any atom is -0.273 e. The quantitative estimate of drug-likeness (QED) is 0.741. The van der Waals surface area contributed by atoms with Gasteiger partial charge in [0.1, 0.15) is 4.90 Å². The van der Waals surface area contributed by atoms with Crippen molar-refractivity contribution in [1.82, 2.24) is 15.2 Å². The van der Waals surface area contributed by atoms with Gasteiger partial charge in [-0.1, -0.05) is 30.9 Å². The van der Waals surface area contributed by atoms with Crippen molar-refractivity contribution < 1.29 is 18.0 Å². The average molecular weight is 414 g/mol. The molecule has 0 unspecified atom stereocenters. The molecule has 0 bridgehead atoms. The van der Waals surface area contributed by atoms with Crippen LogP contribution in [-0.4, -0.2) is 37.6 Å². The Hall–Kier alpha value is -1.64. The molecule has 1 aliphatic carbocycles. The minimum absolute atomic E-state index is 0.0738. The molecule has 1 aromatic rings. The standard InChI is InChI=1S/C18H24ClN3O4S/c19-15-9-8-14(12-16(15)27(25,26)22-10-4-5-11-22)18(24)21-20-17(23)13-6-2-1-3-7-13/h8-9,12-13H,1-7,10-11H2,(H,20,23)(H,21,24). The van der Waals surface area contributed by atoms with Gasteiger partial charge in [-0.2, -0.15) is 4.31 Å². The molecule has 2 fully saturated rings. The molecule has 1 aromatic carbocycles. The van der Waals surface area contributed by atoms with E-state index in [4.69, 9.17) is 11.6 Å². The van der Waals surface area contributed by atoms with Crippen molar-refractivity contribution in [2.45, 2.75) is 49.8 Å². The second kappa shape index (κ2) is 8.58. The van der Waals surface area contributed by atoms with Gasteiger partial charge in [-0.15, -0.1) is 0 Å². The van der Waals surface area contributed by atoms with Gasteiger partial charge in [-0.05, 0) is 43.9 Å². The van der Waals surface area contributed by atoms with Crippen LogP contribution in [0.15, 0.2) is 23.1 Å². The van der Waals surface area contributed by atoms with Gasteiger partial charge in [0.15, 0.2) is 0 Å². The van der Waals surface area contributed by atoms with E-state index in [0.717, 1.165) is 44.9 Å². The van der Waals surface area contributed by atoms with Gasteiger partial charge in [0.2, 0.25) is 15.9 Å². The number of amides is 2. The van der Waals surface area contributed by atoms with E-state index in [1.165, 1.54) is 22.5 Å². The zero-order valence-corrected chi connectivity index (χ0v) is 16.6. The predicted octanol–water partition coefficient (Wildman–Crippen LogP) is 2.47. The fourth-order valence-corrected chi connectivity index (χ4v) is 5.58. The van der Waals surface area contributed by atoms with E-state index in [9.17, 15) is 18.0 Å². The third-order valence-electron chi connectivity index (χ3n) is 5.15. The van der Waals surface area contributed by atoms with Gasteiger partial charge in [-0.3, -0.25) is 20.4 Å². The zero-order chi connectivity index (χ0) is 19.4. The zero-order valence-electron chi connectivity index (χ0n) is 15.0. The number of hydrazine groups is 1. The number of hydrogen-bond donors (Lipinski definition) is 2. The molecule has 2 amide bonds. The summed E-state index contributed by atoms with van der Waals surface area (Å²) in [5, 5.41) is 0.0738. The number of carbonyl (C=O) groups is 2. The van der Waals surface area contributed by atoms with Crippen LogP contribution in [0.1, 0.15) is 55.3 Å². The maximum Gasteiger partial charge on any atom is 0.269 e. The first-order chi connectivity index (χ1) is 12.9. The molecular formula is C18H24ClN3O4S. The van der Waals surface area contributed by atoms with Crippen LogP contribution in [0.3, 0.4) is 0 Å². The molecule has 0 atom stereocenters. The molecule has 1 saturated carbocycles. The van der Waals surface area contributed by atoms with Crippen LogP contribution in [0.2, 0.25) is 5.02 Å². The van der Waals surface area contributed by atoms with E-state index in [1.54, 1.807) is 0 Å². The van der Waals surface area contributed by atoms with Crippen molar-refractivity contribution in [1.29, 1.82) is 0 Å².